The second-order valence-corrected chi connectivity index (χ2v) is 6.52. The number of rotatable bonds is 4. The molecule has 0 bridgehead atoms. The Bertz CT molecular complexity index is 407. The predicted octanol–water partition coefficient (Wildman–Crippen LogP) is 0.905. The largest absolute Gasteiger partial charge is 0.477 e. The summed E-state index contributed by atoms with van der Waals surface area (Å²) in [6.45, 7) is 3.49. The summed E-state index contributed by atoms with van der Waals surface area (Å²) in [4.78, 5) is 24.2. The van der Waals surface area contributed by atoms with Gasteiger partial charge in [-0.2, -0.15) is 0 Å². The smallest absolute Gasteiger partial charge is 0.354 e. The minimum Gasteiger partial charge on any atom is -0.477 e. The number of amides is 1. The molecule has 0 aromatic carbocycles. The lowest BCUT2D eigenvalue weighted by Gasteiger charge is -2.43. The van der Waals surface area contributed by atoms with E-state index in [0.717, 1.165) is 5.75 Å². The Kier molecular flexibility index (Phi) is 3.42. The molecule has 0 aromatic heterocycles. The van der Waals surface area contributed by atoms with E-state index in [9.17, 15) is 14.7 Å². The first kappa shape index (κ1) is 12.8. The lowest BCUT2D eigenvalue weighted by atomic mass is 9.92. The number of hydrogen-bond donors (Lipinski definition) is 2. The van der Waals surface area contributed by atoms with Gasteiger partial charge in [0.25, 0.3) is 0 Å². The maximum absolute atomic E-state index is 11.8. The normalized spacial score (nSPS) is 29.1. The molecule has 0 spiro atoms. The van der Waals surface area contributed by atoms with Gasteiger partial charge in [-0.1, -0.05) is 18.7 Å². The summed E-state index contributed by atoms with van der Waals surface area (Å²) in [5.41, 5.74) is 0.0775. The Balaban J connectivity index is 2.26. The van der Waals surface area contributed by atoms with Crippen molar-refractivity contribution in [3.63, 3.8) is 0 Å². The van der Waals surface area contributed by atoms with Crippen molar-refractivity contribution in [2.24, 2.45) is 5.92 Å². The van der Waals surface area contributed by atoms with Crippen molar-refractivity contribution < 1.29 is 19.8 Å². The van der Waals surface area contributed by atoms with Crippen LogP contribution in [0.3, 0.4) is 0 Å². The summed E-state index contributed by atoms with van der Waals surface area (Å²) < 4.78 is 0.668. The molecule has 1 saturated heterocycles. The van der Waals surface area contributed by atoms with Crippen LogP contribution in [0.1, 0.15) is 13.8 Å². The first-order valence-electron chi connectivity index (χ1n) is 5.27. The third kappa shape index (κ3) is 1.86. The van der Waals surface area contributed by atoms with E-state index in [1.165, 1.54) is 28.4 Å². The van der Waals surface area contributed by atoms with Gasteiger partial charge in [0.15, 0.2) is 5.70 Å². The van der Waals surface area contributed by atoms with Crippen LogP contribution < -0.4 is 0 Å². The van der Waals surface area contributed by atoms with E-state index < -0.39 is 18.0 Å². The van der Waals surface area contributed by atoms with Crippen LogP contribution in [0.5, 0.6) is 0 Å². The molecule has 94 valence electrons. The van der Waals surface area contributed by atoms with Gasteiger partial charge < -0.3 is 10.2 Å². The molecule has 0 saturated carbocycles. The average molecular weight is 275 g/mol. The van der Waals surface area contributed by atoms with E-state index in [1.807, 2.05) is 6.92 Å². The zero-order chi connectivity index (χ0) is 12.7. The Labute approximate surface area is 107 Å². The van der Waals surface area contributed by atoms with Crippen LogP contribution in [-0.2, 0) is 9.59 Å². The summed E-state index contributed by atoms with van der Waals surface area (Å²) in [5, 5.41) is 18.4. The standard InChI is InChI=1S/C10H13NO4S2/c1-3-16-10-6(9(14)15)11-7(13)5(4(2)12)8(11)17-10/h4-5,8,12H,3H2,1-2H3,(H,14,15)/t4-,5+,8+/m0/s1. The zero-order valence-corrected chi connectivity index (χ0v) is 11.0. The number of aliphatic hydroxyl groups excluding tert-OH is 1. The first-order chi connectivity index (χ1) is 7.99. The molecule has 2 N–H and O–H groups in total. The van der Waals surface area contributed by atoms with Gasteiger partial charge in [-0.3, -0.25) is 9.69 Å². The van der Waals surface area contributed by atoms with Crippen LogP contribution >= 0.6 is 23.5 Å². The number of thioether (sulfide) groups is 2. The van der Waals surface area contributed by atoms with Crippen LogP contribution in [0.15, 0.2) is 9.93 Å². The Morgan fingerprint density at radius 1 is 1.65 bits per heavy atom. The maximum Gasteiger partial charge on any atom is 0.354 e. The third-order valence-corrected chi connectivity index (χ3v) is 5.28. The molecule has 1 fully saturated rings. The van der Waals surface area contributed by atoms with Crippen molar-refractivity contribution in [1.82, 2.24) is 4.90 Å². The third-order valence-electron chi connectivity index (χ3n) is 2.74. The molecule has 5 nitrogen and oxygen atoms in total. The molecule has 2 aliphatic rings. The highest BCUT2D eigenvalue weighted by molar-refractivity contribution is 8.22. The fourth-order valence-corrected chi connectivity index (χ4v) is 4.81. The Morgan fingerprint density at radius 3 is 2.76 bits per heavy atom. The quantitative estimate of drug-likeness (QED) is 0.742. The van der Waals surface area contributed by atoms with Gasteiger partial charge in [0.2, 0.25) is 5.91 Å². The monoisotopic (exact) mass is 275 g/mol. The van der Waals surface area contributed by atoms with Crippen molar-refractivity contribution in [2.75, 3.05) is 5.75 Å². The molecule has 0 aliphatic carbocycles. The molecule has 7 heteroatoms. The van der Waals surface area contributed by atoms with Gasteiger partial charge in [0, 0.05) is 0 Å². The number of carbonyl (C=O) groups excluding carboxylic acids is 1. The van der Waals surface area contributed by atoms with E-state index in [4.69, 9.17) is 5.11 Å². The van der Waals surface area contributed by atoms with Crippen molar-refractivity contribution in [2.45, 2.75) is 25.3 Å². The maximum atomic E-state index is 11.8. The van der Waals surface area contributed by atoms with Crippen molar-refractivity contribution in [1.29, 1.82) is 0 Å². The van der Waals surface area contributed by atoms with E-state index >= 15 is 0 Å². The number of carbonyl (C=O) groups is 2. The topological polar surface area (TPSA) is 77.8 Å². The molecule has 0 radical (unpaired) electrons. The number of fused-ring (bicyclic) bond motifs is 1. The van der Waals surface area contributed by atoms with Crippen LogP contribution in [0.2, 0.25) is 0 Å². The lowest BCUT2D eigenvalue weighted by molar-refractivity contribution is -0.156. The molecule has 2 aliphatic heterocycles. The second-order valence-electron chi connectivity index (χ2n) is 3.86. The van der Waals surface area contributed by atoms with Crippen LogP contribution in [0.4, 0.5) is 0 Å². The minimum atomic E-state index is -1.08. The number of carboxylic acids is 1. The minimum absolute atomic E-state index is 0.0775. The summed E-state index contributed by atoms with van der Waals surface area (Å²) in [6, 6.07) is 0. The fraction of sp³-hybridized carbons (Fsp3) is 0.600. The van der Waals surface area contributed by atoms with E-state index in [-0.39, 0.29) is 17.0 Å². The molecule has 0 unspecified atom stereocenters. The highest BCUT2D eigenvalue weighted by atomic mass is 32.2. The number of aliphatic hydroxyl groups is 1. The molecule has 2 heterocycles. The van der Waals surface area contributed by atoms with E-state index in [2.05, 4.69) is 0 Å². The van der Waals surface area contributed by atoms with Crippen LogP contribution in [-0.4, -0.2) is 44.2 Å². The zero-order valence-electron chi connectivity index (χ0n) is 9.41. The lowest BCUT2D eigenvalue weighted by Crippen LogP contribution is -2.60. The second kappa shape index (κ2) is 4.55. The van der Waals surface area contributed by atoms with Crippen LogP contribution in [0.25, 0.3) is 0 Å². The SMILES string of the molecule is CCSC1=C(C(=O)O)N2C(=O)[C@@H]([C@H](C)O)[C@H]2S1. The molecular formula is C10H13NO4S2. The van der Waals surface area contributed by atoms with Gasteiger partial charge in [-0.15, -0.1) is 11.8 Å². The molecule has 0 aromatic rings. The van der Waals surface area contributed by atoms with Crippen molar-refractivity contribution in [3.05, 3.63) is 9.93 Å². The van der Waals surface area contributed by atoms with E-state index in [1.54, 1.807) is 6.92 Å². The van der Waals surface area contributed by atoms with Gasteiger partial charge in [-0.25, -0.2) is 4.79 Å². The highest BCUT2D eigenvalue weighted by Crippen LogP contribution is 2.53. The van der Waals surface area contributed by atoms with Crippen molar-refractivity contribution >= 4 is 35.4 Å². The first-order valence-corrected chi connectivity index (χ1v) is 7.13. The summed E-state index contributed by atoms with van der Waals surface area (Å²) in [5.74, 6) is -1.09. The highest BCUT2D eigenvalue weighted by Gasteiger charge is 2.57. The molecule has 17 heavy (non-hydrogen) atoms. The molecule has 3 atom stereocenters. The molecule has 2 rings (SSSR count). The van der Waals surface area contributed by atoms with Gasteiger partial charge in [0.05, 0.1) is 16.3 Å². The summed E-state index contributed by atoms with van der Waals surface area (Å²) >= 11 is 2.79. The summed E-state index contributed by atoms with van der Waals surface area (Å²) in [7, 11) is 0. The van der Waals surface area contributed by atoms with Gasteiger partial charge in [-0.05, 0) is 12.7 Å². The number of carboxylic acid groups (broad SMARTS) is 1. The van der Waals surface area contributed by atoms with Crippen LogP contribution in [0, 0.1) is 5.92 Å². The van der Waals surface area contributed by atoms with Crippen molar-refractivity contribution in [3.8, 4) is 0 Å². The van der Waals surface area contributed by atoms with E-state index in [0.29, 0.717) is 4.24 Å². The predicted molar refractivity (Wildman–Crippen MR) is 66.2 cm³/mol. The Morgan fingerprint density at radius 2 is 2.29 bits per heavy atom. The summed E-state index contributed by atoms with van der Waals surface area (Å²) in [6.07, 6.45) is -0.739. The average Bonchev–Trinajstić information content (AvgIpc) is 2.53. The number of nitrogens with zero attached hydrogens (tertiary/aromatic N) is 1. The molecule has 1 amide bonds. The van der Waals surface area contributed by atoms with Gasteiger partial charge in [0.1, 0.15) is 5.37 Å². The van der Waals surface area contributed by atoms with Gasteiger partial charge >= 0.3 is 5.97 Å². The number of hydrogen-bond acceptors (Lipinski definition) is 5. The number of β-lactam (4-membered cyclic amide) rings is 1. The molecular weight excluding hydrogens is 262 g/mol. The fourth-order valence-electron chi connectivity index (χ4n) is 1.98. The Hall–Kier alpha value is -0.660. The number of aliphatic carboxylic acids is 1.